The fraction of sp³-hybridized carbons (Fsp3) is 0.500. The second-order valence-corrected chi connectivity index (χ2v) is 5.95. The van der Waals surface area contributed by atoms with Crippen molar-refractivity contribution in [2.45, 2.75) is 19.4 Å². The van der Waals surface area contributed by atoms with Crippen molar-refractivity contribution in [2.24, 2.45) is 17.8 Å². The Morgan fingerprint density at radius 2 is 2.20 bits per heavy atom. The summed E-state index contributed by atoms with van der Waals surface area (Å²) in [6, 6.07) is 9.71. The van der Waals surface area contributed by atoms with Gasteiger partial charge < -0.3 is 5.11 Å². The average Bonchev–Trinajstić information content (AvgIpc) is 3.20. The molecule has 0 bridgehead atoms. The summed E-state index contributed by atoms with van der Waals surface area (Å²) in [5, 5.41) is 18.3. The van der Waals surface area contributed by atoms with Crippen molar-refractivity contribution in [2.75, 3.05) is 13.1 Å². The number of likely N-dealkylation sites (tertiary alicyclic amines) is 1. The number of carbonyl (C=O) groups is 1. The van der Waals surface area contributed by atoms with Crippen molar-refractivity contribution in [1.29, 1.82) is 5.26 Å². The number of carboxylic acids is 1. The summed E-state index contributed by atoms with van der Waals surface area (Å²) in [5.41, 5.74) is 1.75. The predicted octanol–water partition coefficient (Wildman–Crippen LogP) is 2.10. The van der Waals surface area contributed by atoms with Crippen molar-refractivity contribution in [3.63, 3.8) is 0 Å². The van der Waals surface area contributed by atoms with Crippen LogP contribution in [0.2, 0.25) is 0 Å². The normalized spacial score (nSPS) is 26.4. The van der Waals surface area contributed by atoms with Gasteiger partial charge in [0.1, 0.15) is 0 Å². The van der Waals surface area contributed by atoms with Crippen molar-refractivity contribution < 1.29 is 9.90 Å². The molecule has 0 aromatic heterocycles. The summed E-state index contributed by atoms with van der Waals surface area (Å²) in [5.74, 6) is 0.0509. The summed E-state index contributed by atoms with van der Waals surface area (Å²) in [6.07, 6.45) is 2.37. The van der Waals surface area contributed by atoms with E-state index in [2.05, 4.69) is 11.0 Å². The Balaban J connectivity index is 1.69. The van der Waals surface area contributed by atoms with Gasteiger partial charge >= 0.3 is 5.97 Å². The zero-order chi connectivity index (χ0) is 14.1. The van der Waals surface area contributed by atoms with E-state index in [0.717, 1.165) is 18.7 Å². The minimum atomic E-state index is -0.657. The lowest BCUT2D eigenvalue weighted by atomic mass is 9.92. The van der Waals surface area contributed by atoms with E-state index in [1.54, 1.807) is 6.07 Å². The lowest BCUT2D eigenvalue weighted by Crippen LogP contribution is -2.24. The molecule has 2 atom stereocenters. The van der Waals surface area contributed by atoms with Gasteiger partial charge in [-0.2, -0.15) is 5.26 Å². The number of hydrogen-bond donors (Lipinski definition) is 1. The van der Waals surface area contributed by atoms with E-state index in [-0.39, 0.29) is 5.92 Å². The summed E-state index contributed by atoms with van der Waals surface area (Å²) in [4.78, 5) is 13.6. The molecule has 20 heavy (non-hydrogen) atoms. The van der Waals surface area contributed by atoms with Crippen LogP contribution in [0.4, 0.5) is 0 Å². The third-order valence-corrected chi connectivity index (χ3v) is 4.45. The molecule has 4 heteroatoms. The van der Waals surface area contributed by atoms with Crippen LogP contribution in [0, 0.1) is 29.1 Å². The molecule has 1 aliphatic heterocycles. The Bertz CT molecular complexity index is 560. The number of aliphatic carboxylic acids is 1. The largest absolute Gasteiger partial charge is 0.481 e. The lowest BCUT2D eigenvalue weighted by molar-refractivity contribution is -0.142. The van der Waals surface area contributed by atoms with Crippen molar-refractivity contribution in [3.8, 4) is 6.07 Å². The number of carboxylic acid groups (broad SMARTS) is 1. The quantitative estimate of drug-likeness (QED) is 0.910. The maximum atomic E-state index is 11.4. The molecular formula is C16H18N2O2. The Hall–Kier alpha value is -1.86. The number of rotatable bonds is 4. The number of nitriles is 1. The van der Waals surface area contributed by atoms with Gasteiger partial charge in [-0.05, 0) is 42.4 Å². The highest BCUT2D eigenvalue weighted by Gasteiger charge is 2.45. The second-order valence-electron chi connectivity index (χ2n) is 5.95. The van der Waals surface area contributed by atoms with Crippen LogP contribution in [-0.2, 0) is 11.3 Å². The molecule has 0 spiro atoms. The zero-order valence-electron chi connectivity index (χ0n) is 11.3. The SMILES string of the molecule is N#Cc1cccc(CN2C[C@@H](C(=O)O)[C@H](C3CC3)C2)c1. The molecule has 1 N–H and O–H groups in total. The monoisotopic (exact) mass is 270 g/mol. The molecule has 1 saturated heterocycles. The molecule has 104 valence electrons. The molecule has 1 aromatic carbocycles. The summed E-state index contributed by atoms with van der Waals surface area (Å²) in [6.45, 7) is 2.24. The van der Waals surface area contributed by atoms with Crippen LogP contribution in [0.3, 0.4) is 0 Å². The van der Waals surface area contributed by atoms with Gasteiger partial charge in [0.05, 0.1) is 17.6 Å². The maximum absolute atomic E-state index is 11.4. The molecule has 2 aliphatic rings. The van der Waals surface area contributed by atoms with Crippen LogP contribution in [0.25, 0.3) is 0 Å². The third kappa shape index (κ3) is 2.68. The zero-order valence-corrected chi connectivity index (χ0v) is 11.3. The first kappa shape index (κ1) is 13.1. The molecule has 2 fully saturated rings. The first-order valence-electron chi connectivity index (χ1n) is 7.11. The molecule has 1 saturated carbocycles. The Labute approximate surface area is 118 Å². The lowest BCUT2D eigenvalue weighted by Gasteiger charge is -2.15. The minimum Gasteiger partial charge on any atom is -0.481 e. The fourth-order valence-corrected chi connectivity index (χ4v) is 3.30. The summed E-state index contributed by atoms with van der Waals surface area (Å²) < 4.78 is 0. The fourth-order valence-electron chi connectivity index (χ4n) is 3.30. The molecule has 1 aromatic rings. The predicted molar refractivity (Wildman–Crippen MR) is 73.8 cm³/mol. The van der Waals surface area contributed by atoms with Gasteiger partial charge in [0, 0.05) is 19.6 Å². The maximum Gasteiger partial charge on any atom is 0.308 e. The minimum absolute atomic E-state index is 0.221. The topological polar surface area (TPSA) is 64.3 Å². The Morgan fingerprint density at radius 1 is 1.40 bits per heavy atom. The molecule has 0 radical (unpaired) electrons. The van der Waals surface area contributed by atoms with Crippen LogP contribution in [0.15, 0.2) is 24.3 Å². The first-order valence-corrected chi connectivity index (χ1v) is 7.11. The van der Waals surface area contributed by atoms with E-state index in [9.17, 15) is 9.90 Å². The van der Waals surface area contributed by atoms with Crippen LogP contribution in [0.5, 0.6) is 0 Å². The van der Waals surface area contributed by atoms with Gasteiger partial charge in [0.15, 0.2) is 0 Å². The van der Waals surface area contributed by atoms with E-state index in [1.807, 2.05) is 18.2 Å². The highest BCUT2D eigenvalue weighted by molar-refractivity contribution is 5.71. The number of benzene rings is 1. The van der Waals surface area contributed by atoms with Crippen molar-refractivity contribution in [3.05, 3.63) is 35.4 Å². The van der Waals surface area contributed by atoms with Crippen molar-refractivity contribution >= 4 is 5.97 Å². The molecule has 1 heterocycles. The average molecular weight is 270 g/mol. The van der Waals surface area contributed by atoms with Gasteiger partial charge in [0.25, 0.3) is 0 Å². The molecular weight excluding hydrogens is 252 g/mol. The van der Waals surface area contributed by atoms with Crippen LogP contribution in [-0.4, -0.2) is 29.1 Å². The van der Waals surface area contributed by atoms with Crippen LogP contribution in [0.1, 0.15) is 24.0 Å². The van der Waals surface area contributed by atoms with E-state index in [0.29, 0.717) is 23.9 Å². The second kappa shape index (κ2) is 5.26. The molecule has 0 unspecified atom stereocenters. The van der Waals surface area contributed by atoms with Crippen LogP contribution >= 0.6 is 0 Å². The van der Waals surface area contributed by atoms with E-state index in [1.165, 1.54) is 12.8 Å². The Morgan fingerprint density at radius 3 is 2.85 bits per heavy atom. The van der Waals surface area contributed by atoms with Gasteiger partial charge in [-0.1, -0.05) is 12.1 Å². The van der Waals surface area contributed by atoms with E-state index in [4.69, 9.17) is 5.26 Å². The van der Waals surface area contributed by atoms with Gasteiger partial charge in [0.2, 0.25) is 0 Å². The Kier molecular flexibility index (Phi) is 3.45. The highest BCUT2D eigenvalue weighted by Crippen LogP contribution is 2.44. The van der Waals surface area contributed by atoms with Crippen LogP contribution < -0.4 is 0 Å². The number of nitrogens with zero attached hydrogens (tertiary/aromatic N) is 2. The molecule has 4 nitrogen and oxygen atoms in total. The standard InChI is InChI=1S/C16H18N2O2/c17-7-11-2-1-3-12(6-11)8-18-9-14(13-4-5-13)15(10-18)16(19)20/h1-3,6,13-15H,4-5,8-10H2,(H,19,20)/t14-,15+/m0/s1. The molecule has 3 rings (SSSR count). The molecule has 0 amide bonds. The number of hydrogen-bond acceptors (Lipinski definition) is 3. The van der Waals surface area contributed by atoms with E-state index < -0.39 is 5.97 Å². The first-order chi connectivity index (χ1) is 9.67. The smallest absolute Gasteiger partial charge is 0.308 e. The highest BCUT2D eigenvalue weighted by atomic mass is 16.4. The summed E-state index contributed by atoms with van der Waals surface area (Å²) >= 11 is 0. The third-order valence-electron chi connectivity index (χ3n) is 4.45. The van der Waals surface area contributed by atoms with Gasteiger partial charge in [-0.15, -0.1) is 0 Å². The van der Waals surface area contributed by atoms with Gasteiger partial charge in [-0.3, -0.25) is 9.69 Å². The van der Waals surface area contributed by atoms with E-state index >= 15 is 0 Å². The van der Waals surface area contributed by atoms with Gasteiger partial charge in [-0.25, -0.2) is 0 Å². The summed E-state index contributed by atoms with van der Waals surface area (Å²) in [7, 11) is 0. The van der Waals surface area contributed by atoms with Crippen molar-refractivity contribution in [1.82, 2.24) is 4.90 Å². The molecule has 1 aliphatic carbocycles.